The number of aromatic nitrogens is 1. The summed E-state index contributed by atoms with van der Waals surface area (Å²) in [6.07, 6.45) is 2.22. The Kier molecular flexibility index (Phi) is 4.74. The topological polar surface area (TPSA) is 73.6 Å². The largest absolute Gasteiger partial charge is 0.493 e. The van der Waals surface area contributed by atoms with Gasteiger partial charge in [0.15, 0.2) is 17.2 Å². The number of carbonyl (C=O) groups is 1. The molecule has 1 heterocycles. The van der Waals surface area contributed by atoms with Crippen LogP contribution in [0.2, 0.25) is 0 Å². The van der Waals surface area contributed by atoms with Crippen LogP contribution in [0.3, 0.4) is 0 Å². The molecule has 1 amide bonds. The molecule has 24 heavy (non-hydrogen) atoms. The van der Waals surface area contributed by atoms with E-state index in [2.05, 4.69) is 10.5 Å². The van der Waals surface area contributed by atoms with Crippen LogP contribution in [-0.4, -0.2) is 24.8 Å². The van der Waals surface area contributed by atoms with Crippen molar-refractivity contribution in [2.24, 2.45) is 0 Å². The van der Waals surface area contributed by atoms with Crippen molar-refractivity contribution in [2.45, 2.75) is 38.6 Å². The maximum atomic E-state index is 12.3. The van der Waals surface area contributed by atoms with Crippen LogP contribution in [0, 0.1) is 0 Å². The first-order valence-corrected chi connectivity index (χ1v) is 8.20. The summed E-state index contributed by atoms with van der Waals surface area (Å²) in [5.41, 5.74) is 1.25. The molecule has 6 heteroatoms. The number of hydrogen-bond donors (Lipinski definition) is 1. The highest BCUT2D eigenvalue weighted by Gasteiger charge is 2.29. The molecule has 0 spiro atoms. The van der Waals surface area contributed by atoms with Crippen molar-refractivity contribution >= 4 is 5.91 Å². The van der Waals surface area contributed by atoms with Crippen molar-refractivity contribution < 1.29 is 18.8 Å². The lowest BCUT2D eigenvalue weighted by Crippen LogP contribution is -2.26. The highest BCUT2D eigenvalue weighted by Crippen LogP contribution is 2.40. The molecule has 1 aromatic carbocycles. The molecule has 1 aliphatic carbocycles. The number of hydrogen-bond acceptors (Lipinski definition) is 5. The SMILES string of the molecule is CCOc1ccc(C(C)NC(=O)c2cc(C3CC3)on2)cc1OC. The number of nitrogens with one attached hydrogen (secondary N) is 1. The molecule has 1 atom stereocenters. The number of carbonyl (C=O) groups excluding carboxylic acids is 1. The van der Waals surface area contributed by atoms with Crippen molar-refractivity contribution in [1.82, 2.24) is 10.5 Å². The fourth-order valence-corrected chi connectivity index (χ4v) is 2.54. The average molecular weight is 330 g/mol. The number of ether oxygens (including phenoxy) is 2. The molecular weight excluding hydrogens is 308 g/mol. The average Bonchev–Trinajstić information content (AvgIpc) is 3.32. The third-order valence-electron chi connectivity index (χ3n) is 4.08. The standard InChI is InChI=1S/C18H22N2O4/c1-4-23-15-8-7-13(9-17(15)22-3)11(2)19-18(21)14-10-16(24-20-14)12-5-6-12/h7-12H,4-6H2,1-3H3,(H,19,21). The van der Waals surface area contributed by atoms with E-state index < -0.39 is 0 Å². The molecule has 0 radical (unpaired) electrons. The fraction of sp³-hybridized carbons (Fsp3) is 0.444. The molecule has 1 aromatic heterocycles. The summed E-state index contributed by atoms with van der Waals surface area (Å²) in [5, 5.41) is 6.79. The predicted molar refractivity (Wildman–Crippen MR) is 88.5 cm³/mol. The Morgan fingerprint density at radius 2 is 2.17 bits per heavy atom. The Labute approximate surface area is 141 Å². The minimum absolute atomic E-state index is 0.192. The molecule has 1 unspecified atom stereocenters. The van der Waals surface area contributed by atoms with Gasteiger partial charge in [0.05, 0.1) is 19.8 Å². The Hall–Kier alpha value is -2.50. The Balaban J connectivity index is 1.68. The predicted octanol–water partition coefficient (Wildman–Crippen LogP) is 3.45. The van der Waals surface area contributed by atoms with Crippen LogP contribution in [0.4, 0.5) is 0 Å². The van der Waals surface area contributed by atoms with E-state index in [4.69, 9.17) is 14.0 Å². The van der Waals surface area contributed by atoms with Crippen LogP contribution in [-0.2, 0) is 0 Å². The van der Waals surface area contributed by atoms with Crippen LogP contribution >= 0.6 is 0 Å². The second-order valence-corrected chi connectivity index (χ2v) is 5.93. The second kappa shape index (κ2) is 6.95. The monoisotopic (exact) mass is 330 g/mol. The lowest BCUT2D eigenvalue weighted by atomic mass is 10.1. The van der Waals surface area contributed by atoms with Gasteiger partial charge in [-0.2, -0.15) is 0 Å². The zero-order valence-corrected chi connectivity index (χ0v) is 14.2. The van der Waals surface area contributed by atoms with Crippen molar-refractivity contribution in [3.63, 3.8) is 0 Å². The first-order chi connectivity index (χ1) is 11.6. The van der Waals surface area contributed by atoms with Crippen LogP contribution in [0.1, 0.15) is 60.5 Å². The van der Waals surface area contributed by atoms with Gasteiger partial charge in [-0.3, -0.25) is 4.79 Å². The molecule has 1 N–H and O–H groups in total. The summed E-state index contributed by atoms with van der Waals surface area (Å²) in [7, 11) is 1.60. The van der Waals surface area contributed by atoms with E-state index in [9.17, 15) is 4.79 Å². The highest BCUT2D eigenvalue weighted by atomic mass is 16.5. The Morgan fingerprint density at radius 3 is 2.83 bits per heavy atom. The normalized spacial score (nSPS) is 15.0. The molecule has 0 bridgehead atoms. The summed E-state index contributed by atoms with van der Waals surface area (Å²) >= 11 is 0. The van der Waals surface area contributed by atoms with E-state index in [1.807, 2.05) is 32.0 Å². The summed E-state index contributed by atoms with van der Waals surface area (Å²) < 4.78 is 16.1. The molecule has 1 aliphatic rings. The molecule has 128 valence electrons. The molecule has 1 fully saturated rings. The number of methoxy groups -OCH3 is 1. The van der Waals surface area contributed by atoms with Crippen LogP contribution in [0.15, 0.2) is 28.8 Å². The van der Waals surface area contributed by atoms with Crippen molar-refractivity contribution in [2.75, 3.05) is 13.7 Å². The molecular formula is C18H22N2O4. The van der Waals surface area contributed by atoms with Gasteiger partial charge in [-0.1, -0.05) is 11.2 Å². The summed E-state index contributed by atoms with van der Waals surface area (Å²) in [4.78, 5) is 12.3. The molecule has 0 aliphatic heterocycles. The lowest BCUT2D eigenvalue weighted by Gasteiger charge is -2.16. The van der Waals surface area contributed by atoms with Crippen LogP contribution in [0.25, 0.3) is 0 Å². The van der Waals surface area contributed by atoms with Crippen molar-refractivity contribution in [1.29, 1.82) is 0 Å². The summed E-state index contributed by atoms with van der Waals surface area (Å²) in [6, 6.07) is 7.17. The smallest absolute Gasteiger partial charge is 0.273 e. The van der Waals surface area contributed by atoms with Gasteiger partial charge in [0, 0.05) is 12.0 Å². The second-order valence-electron chi connectivity index (χ2n) is 5.93. The van der Waals surface area contributed by atoms with E-state index in [1.165, 1.54) is 0 Å². The van der Waals surface area contributed by atoms with E-state index in [-0.39, 0.29) is 11.9 Å². The van der Waals surface area contributed by atoms with Gasteiger partial charge in [-0.05, 0) is 44.4 Å². The van der Waals surface area contributed by atoms with Gasteiger partial charge < -0.3 is 19.3 Å². The zero-order chi connectivity index (χ0) is 17.1. The van der Waals surface area contributed by atoms with Crippen LogP contribution in [0.5, 0.6) is 11.5 Å². The molecule has 0 saturated heterocycles. The zero-order valence-electron chi connectivity index (χ0n) is 14.2. The van der Waals surface area contributed by atoms with E-state index in [1.54, 1.807) is 13.2 Å². The minimum Gasteiger partial charge on any atom is -0.493 e. The van der Waals surface area contributed by atoms with E-state index >= 15 is 0 Å². The van der Waals surface area contributed by atoms with Crippen LogP contribution < -0.4 is 14.8 Å². The van der Waals surface area contributed by atoms with Gasteiger partial charge in [-0.25, -0.2) is 0 Å². The quantitative estimate of drug-likeness (QED) is 0.841. The van der Waals surface area contributed by atoms with E-state index in [0.717, 1.165) is 24.2 Å². The number of nitrogens with zero attached hydrogens (tertiary/aromatic N) is 1. The van der Waals surface area contributed by atoms with Gasteiger partial charge in [0.1, 0.15) is 5.76 Å². The third-order valence-corrected chi connectivity index (χ3v) is 4.08. The maximum Gasteiger partial charge on any atom is 0.273 e. The Bertz CT molecular complexity index is 722. The molecule has 2 aromatic rings. The summed E-state index contributed by atoms with van der Waals surface area (Å²) in [6.45, 7) is 4.40. The summed E-state index contributed by atoms with van der Waals surface area (Å²) in [5.74, 6) is 2.33. The van der Waals surface area contributed by atoms with Crippen molar-refractivity contribution in [3.8, 4) is 11.5 Å². The Morgan fingerprint density at radius 1 is 1.38 bits per heavy atom. The molecule has 1 saturated carbocycles. The first-order valence-electron chi connectivity index (χ1n) is 8.20. The third kappa shape index (κ3) is 3.53. The molecule has 6 nitrogen and oxygen atoms in total. The lowest BCUT2D eigenvalue weighted by molar-refractivity contribution is 0.0930. The van der Waals surface area contributed by atoms with Crippen molar-refractivity contribution in [3.05, 3.63) is 41.3 Å². The van der Waals surface area contributed by atoms with Gasteiger partial charge >= 0.3 is 0 Å². The maximum absolute atomic E-state index is 12.3. The number of amides is 1. The van der Waals surface area contributed by atoms with Gasteiger partial charge in [0.25, 0.3) is 5.91 Å². The fourth-order valence-electron chi connectivity index (χ4n) is 2.54. The van der Waals surface area contributed by atoms with Gasteiger partial charge in [0.2, 0.25) is 0 Å². The number of rotatable bonds is 7. The first kappa shape index (κ1) is 16.4. The van der Waals surface area contributed by atoms with E-state index in [0.29, 0.717) is 29.7 Å². The number of benzene rings is 1. The molecule has 3 rings (SSSR count). The van der Waals surface area contributed by atoms with Gasteiger partial charge in [-0.15, -0.1) is 0 Å². The highest BCUT2D eigenvalue weighted by molar-refractivity contribution is 5.92. The minimum atomic E-state index is -0.244.